The molecule has 2 bridgehead atoms. The fourth-order valence-electron chi connectivity index (χ4n) is 2.87. The minimum Gasteiger partial charge on any atom is -0.322 e. The van der Waals surface area contributed by atoms with Crippen molar-refractivity contribution in [3.8, 4) is 0 Å². The topological polar surface area (TPSA) is 38.8 Å². The molecule has 4 heterocycles. The molecule has 5 nitrogen and oxygen atoms in total. The SMILES string of the molecule is C.CC.CN1CCN(C(=O)N2CC3CC(C2)N3)CC1. The summed E-state index contributed by atoms with van der Waals surface area (Å²) in [5, 5.41) is 3.45. The third kappa shape index (κ3) is 3.60. The molecule has 112 valence electrons. The van der Waals surface area contributed by atoms with Gasteiger partial charge in [-0.15, -0.1) is 0 Å². The second-order valence-electron chi connectivity index (χ2n) is 5.27. The van der Waals surface area contributed by atoms with Gasteiger partial charge in [0, 0.05) is 51.4 Å². The van der Waals surface area contributed by atoms with Crippen LogP contribution in [0, 0.1) is 0 Å². The summed E-state index contributed by atoms with van der Waals surface area (Å²) in [5.74, 6) is 0. The van der Waals surface area contributed by atoms with Gasteiger partial charge in [0.1, 0.15) is 0 Å². The average molecular weight is 270 g/mol. The monoisotopic (exact) mass is 270 g/mol. The Morgan fingerprint density at radius 1 is 1.00 bits per heavy atom. The van der Waals surface area contributed by atoms with Crippen LogP contribution in [0.25, 0.3) is 0 Å². The van der Waals surface area contributed by atoms with Crippen LogP contribution in [0.3, 0.4) is 0 Å². The molecule has 4 fully saturated rings. The summed E-state index contributed by atoms with van der Waals surface area (Å²) >= 11 is 0. The normalized spacial score (nSPS) is 29.6. The number of nitrogens with one attached hydrogen (secondary N) is 1. The van der Waals surface area contributed by atoms with E-state index in [1.165, 1.54) is 6.42 Å². The number of carbonyl (C=O) groups excluding carboxylic acids is 1. The minimum absolute atomic E-state index is 0. The summed E-state index contributed by atoms with van der Waals surface area (Å²) in [6.07, 6.45) is 1.26. The maximum Gasteiger partial charge on any atom is 0.320 e. The number of amides is 2. The van der Waals surface area contributed by atoms with Gasteiger partial charge in [0.05, 0.1) is 0 Å². The van der Waals surface area contributed by atoms with E-state index in [0.29, 0.717) is 12.1 Å². The summed E-state index contributed by atoms with van der Waals surface area (Å²) < 4.78 is 0. The van der Waals surface area contributed by atoms with Gasteiger partial charge in [-0.25, -0.2) is 4.79 Å². The highest BCUT2D eigenvalue weighted by Gasteiger charge is 2.39. The molecule has 4 aliphatic rings. The number of urea groups is 1. The molecule has 1 N–H and O–H groups in total. The summed E-state index contributed by atoms with van der Waals surface area (Å²) in [7, 11) is 2.11. The lowest BCUT2D eigenvalue weighted by Crippen LogP contribution is -2.69. The van der Waals surface area contributed by atoms with Crippen LogP contribution in [-0.4, -0.2) is 79.1 Å². The molecule has 0 radical (unpaired) electrons. The molecule has 19 heavy (non-hydrogen) atoms. The lowest BCUT2D eigenvalue weighted by atomic mass is 9.91. The number of piperidine rings is 1. The van der Waals surface area contributed by atoms with Crippen molar-refractivity contribution in [2.45, 2.75) is 39.8 Å². The lowest BCUT2D eigenvalue weighted by Gasteiger charge is -2.49. The van der Waals surface area contributed by atoms with Crippen molar-refractivity contribution >= 4 is 6.03 Å². The van der Waals surface area contributed by atoms with Crippen molar-refractivity contribution in [1.29, 1.82) is 0 Å². The van der Waals surface area contributed by atoms with Crippen molar-refractivity contribution in [2.75, 3.05) is 46.3 Å². The molecule has 4 aliphatic heterocycles. The van der Waals surface area contributed by atoms with Crippen LogP contribution in [0.4, 0.5) is 4.79 Å². The van der Waals surface area contributed by atoms with Gasteiger partial charge in [-0.3, -0.25) is 0 Å². The zero-order chi connectivity index (χ0) is 13.1. The molecule has 2 atom stereocenters. The Balaban J connectivity index is 0.000000576. The van der Waals surface area contributed by atoms with Crippen LogP contribution in [0.5, 0.6) is 0 Å². The Hall–Kier alpha value is -0.810. The third-order valence-electron chi connectivity index (χ3n) is 3.97. The number of likely N-dealkylation sites (N-methyl/N-ethyl adjacent to an activating group) is 1. The van der Waals surface area contributed by atoms with E-state index >= 15 is 0 Å². The second-order valence-corrected chi connectivity index (χ2v) is 5.27. The lowest BCUT2D eigenvalue weighted by molar-refractivity contribution is 0.0669. The predicted octanol–water partition coefficient (Wildman–Crippen LogP) is 1.06. The third-order valence-corrected chi connectivity index (χ3v) is 3.97. The summed E-state index contributed by atoms with van der Waals surface area (Å²) in [6, 6.07) is 1.38. The van der Waals surface area contributed by atoms with Crippen molar-refractivity contribution < 1.29 is 4.79 Å². The summed E-state index contributed by atoms with van der Waals surface area (Å²) in [4.78, 5) is 18.5. The van der Waals surface area contributed by atoms with E-state index in [9.17, 15) is 4.79 Å². The van der Waals surface area contributed by atoms with Crippen LogP contribution in [0.15, 0.2) is 0 Å². The molecule has 2 amide bonds. The number of fused-ring (bicyclic) bond motifs is 2. The molecule has 0 aromatic carbocycles. The fourth-order valence-corrected chi connectivity index (χ4v) is 2.87. The van der Waals surface area contributed by atoms with Crippen LogP contribution >= 0.6 is 0 Å². The molecular weight excluding hydrogens is 240 g/mol. The largest absolute Gasteiger partial charge is 0.322 e. The fraction of sp³-hybridized carbons (Fsp3) is 0.929. The first-order valence-electron chi connectivity index (χ1n) is 7.21. The van der Waals surface area contributed by atoms with Crippen LogP contribution in [0.1, 0.15) is 27.7 Å². The Bertz CT molecular complexity index is 273. The van der Waals surface area contributed by atoms with E-state index in [2.05, 4.69) is 17.3 Å². The van der Waals surface area contributed by atoms with Crippen LogP contribution < -0.4 is 5.32 Å². The highest BCUT2D eigenvalue weighted by molar-refractivity contribution is 5.75. The molecule has 4 saturated heterocycles. The second kappa shape index (κ2) is 7.10. The highest BCUT2D eigenvalue weighted by atomic mass is 16.2. The van der Waals surface area contributed by atoms with Crippen molar-refractivity contribution in [3.63, 3.8) is 0 Å². The maximum atomic E-state index is 12.2. The molecule has 0 spiro atoms. The standard InChI is InChI=1S/C11H20N4O.C2H6.CH4/c1-13-2-4-14(5-3-13)11(16)15-7-9-6-10(8-15)12-9;1-2;/h9-10,12H,2-8H2,1H3;1-2H3;1H4. The van der Waals surface area contributed by atoms with Gasteiger partial charge in [-0.2, -0.15) is 0 Å². The molecular formula is C14H30N4O. The predicted molar refractivity (Wildman–Crippen MR) is 79.4 cm³/mol. The number of rotatable bonds is 0. The Kier molecular flexibility index (Phi) is 6.07. The molecule has 2 unspecified atom stereocenters. The molecule has 0 aromatic heterocycles. The van der Waals surface area contributed by atoms with E-state index in [1.54, 1.807) is 0 Å². The van der Waals surface area contributed by atoms with Crippen molar-refractivity contribution in [3.05, 3.63) is 0 Å². The Morgan fingerprint density at radius 2 is 1.47 bits per heavy atom. The average Bonchev–Trinajstić information content (AvgIpc) is 2.40. The van der Waals surface area contributed by atoms with E-state index in [4.69, 9.17) is 0 Å². The van der Waals surface area contributed by atoms with Gasteiger partial charge < -0.3 is 20.0 Å². The van der Waals surface area contributed by atoms with E-state index in [0.717, 1.165) is 39.3 Å². The van der Waals surface area contributed by atoms with Crippen LogP contribution in [-0.2, 0) is 0 Å². The van der Waals surface area contributed by atoms with Gasteiger partial charge in [0.15, 0.2) is 0 Å². The number of carbonyl (C=O) groups is 1. The maximum absolute atomic E-state index is 12.2. The van der Waals surface area contributed by atoms with E-state index < -0.39 is 0 Å². The van der Waals surface area contributed by atoms with E-state index in [1.807, 2.05) is 23.6 Å². The summed E-state index contributed by atoms with van der Waals surface area (Å²) in [6.45, 7) is 9.59. The summed E-state index contributed by atoms with van der Waals surface area (Å²) in [5.41, 5.74) is 0. The van der Waals surface area contributed by atoms with Crippen LogP contribution in [0.2, 0.25) is 0 Å². The number of piperazine rings is 2. The first-order valence-corrected chi connectivity index (χ1v) is 7.21. The van der Waals surface area contributed by atoms with Gasteiger partial charge >= 0.3 is 6.03 Å². The first-order chi connectivity index (χ1) is 8.72. The van der Waals surface area contributed by atoms with Gasteiger partial charge in [0.25, 0.3) is 0 Å². The zero-order valence-corrected chi connectivity index (χ0v) is 11.9. The minimum atomic E-state index is 0. The number of hydrogen-bond donors (Lipinski definition) is 1. The van der Waals surface area contributed by atoms with Gasteiger partial charge in [-0.05, 0) is 13.5 Å². The van der Waals surface area contributed by atoms with Crippen molar-refractivity contribution in [1.82, 2.24) is 20.0 Å². The number of nitrogens with zero attached hydrogens (tertiary/aromatic N) is 3. The first kappa shape index (κ1) is 16.2. The molecule has 0 aromatic rings. The molecule has 4 rings (SSSR count). The highest BCUT2D eigenvalue weighted by Crippen LogP contribution is 2.21. The van der Waals surface area contributed by atoms with Gasteiger partial charge in [-0.1, -0.05) is 21.3 Å². The Morgan fingerprint density at radius 3 is 1.95 bits per heavy atom. The quantitative estimate of drug-likeness (QED) is 0.715. The number of hydrogen-bond acceptors (Lipinski definition) is 3. The molecule has 0 aliphatic carbocycles. The zero-order valence-electron chi connectivity index (χ0n) is 11.9. The molecule has 0 saturated carbocycles. The smallest absolute Gasteiger partial charge is 0.320 e. The van der Waals surface area contributed by atoms with Gasteiger partial charge in [0.2, 0.25) is 0 Å². The van der Waals surface area contributed by atoms with Crippen molar-refractivity contribution in [2.24, 2.45) is 0 Å². The Labute approximate surface area is 117 Å². The van der Waals surface area contributed by atoms with E-state index in [-0.39, 0.29) is 13.5 Å². The molecule has 5 heteroatoms.